The van der Waals surface area contributed by atoms with Crippen molar-refractivity contribution >= 4 is 40.4 Å². The van der Waals surface area contributed by atoms with Gasteiger partial charge in [-0.05, 0) is 73.9 Å². The van der Waals surface area contributed by atoms with Gasteiger partial charge in [-0.25, -0.2) is 4.98 Å². The van der Waals surface area contributed by atoms with Crippen LogP contribution in [0, 0.1) is 6.92 Å². The Morgan fingerprint density at radius 2 is 1.74 bits per heavy atom. The first kappa shape index (κ1) is 17.6. The molecule has 0 saturated carbocycles. The molecule has 2 heterocycles. The normalized spacial score (nSPS) is 13.6. The molecule has 1 aliphatic heterocycles. The number of hydrogen-bond acceptors (Lipinski definition) is 5. The predicted octanol–water partition coefficient (Wildman–Crippen LogP) is 5.53. The number of nitrogens with zero attached hydrogens (tertiary/aromatic N) is 3. The van der Waals surface area contributed by atoms with Gasteiger partial charge in [-0.2, -0.15) is 4.98 Å². The Morgan fingerprint density at radius 3 is 2.48 bits per heavy atom. The van der Waals surface area contributed by atoms with Gasteiger partial charge in [-0.15, -0.1) is 0 Å². The highest BCUT2D eigenvalue weighted by molar-refractivity contribution is 6.30. The van der Waals surface area contributed by atoms with E-state index >= 15 is 0 Å². The van der Waals surface area contributed by atoms with Gasteiger partial charge in [-0.1, -0.05) is 11.6 Å². The molecule has 1 fully saturated rings. The maximum Gasteiger partial charge on any atom is 0.229 e. The number of hydrogen-bond donors (Lipinski definition) is 2. The van der Waals surface area contributed by atoms with Crippen LogP contribution < -0.4 is 15.5 Å². The van der Waals surface area contributed by atoms with Crippen LogP contribution in [0.4, 0.5) is 28.8 Å². The first-order valence-electron chi connectivity index (χ1n) is 9.16. The van der Waals surface area contributed by atoms with Crippen LogP contribution in [0.1, 0.15) is 18.4 Å². The molecule has 0 unspecified atom stereocenters. The van der Waals surface area contributed by atoms with Crippen molar-refractivity contribution in [1.29, 1.82) is 0 Å². The minimum atomic E-state index is 0.541. The van der Waals surface area contributed by atoms with Gasteiger partial charge in [0.05, 0.1) is 0 Å². The zero-order valence-electron chi connectivity index (χ0n) is 15.2. The molecule has 0 radical (unpaired) electrons. The summed E-state index contributed by atoms with van der Waals surface area (Å²) >= 11 is 6.02. The van der Waals surface area contributed by atoms with Gasteiger partial charge < -0.3 is 15.5 Å². The van der Waals surface area contributed by atoms with Crippen LogP contribution in [-0.2, 0) is 0 Å². The highest BCUT2D eigenvalue weighted by atomic mass is 35.5. The van der Waals surface area contributed by atoms with Crippen LogP contribution >= 0.6 is 11.6 Å². The number of nitrogens with one attached hydrogen (secondary N) is 2. The van der Waals surface area contributed by atoms with Gasteiger partial charge in [-0.3, -0.25) is 0 Å². The summed E-state index contributed by atoms with van der Waals surface area (Å²) in [6.45, 7) is 4.30. The van der Waals surface area contributed by atoms with E-state index in [9.17, 15) is 0 Å². The van der Waals surface area contributed by atoms with Crippen LogP contribution in [-0.4, -0.2) is 23.1 Å². The zero-order valence-corrected chi connectivity index (χ0v) is 16.0. The van der Waals surface area contributed by atoms with Crippen LogP contribution in [0.3, 0.4) is 0 Å². The molecule has 1 aromatic heterocycles. The second-order valence-corrected chi connectivity index (χ2v) is 7.15. The molecule has 1 aliphatic rings. The molecule has 138 valence electrons. The fourth-order valence-electron chi connectivity index (χ4n) is 3.26. The van der Waals surface area contributed by atoms with Crippen LogP contribution in [0.15, 0.2) is 54.7 Å². The Kier molecular flexibility index (Phi) is 5.12. The summed E-state index contributed by atoms with van der Waals surface area (Å²) in [7, 11) is 0. The number of aromatic nitrogens is 2. The average molecular weight is 380 g/mol. The quantitative estimate of drug-likeness (QED) is 0.610. The van der Waals surface area contributed by atoms with Crippen molar-refractivity contribution in [3.8, 4) is 0 Å². The Bertz CT molecular complexity index is 920. The molecular formula is C21H22ClN5. The molecule has 0 bridgehead atoms. The molecule has 0 amide bonds. The lowest BCUT2D eigenvalue weighted by atomic mass is 10.2. The maximum absolute atomic E-state index is 6.02. The first-order valence-corrected chi connectivity index (χ1v) is 9.53. The fraction of sp³-hybridized carbons (Fsp3) is 0.238. The van der Waals surface area contributed by atoms with Crippen molar-refractivity contribution in [3.63, 3.8) is 0 Å². The van der Waals surface area contributed by atoms with Crippen LogP contribution in [0.25, 0.3) is 0 Å². The molecule has 4 rings (SSSR count). The van der Waals surface area contributed by atoms with E-state index < -0.39 is 0 Å². The lowest BCUT2D eigenvalue weighted by Crippen LogP contribution is -2.17. The molecule has 27 heavy (non-hydrogen) atoms. The van der Waals surface area contributed by atoms with E-state index in [0.717, 1.165) is 35.8 Å². The summed E-state index contributed by atoms with van der Waals surface area (Å²) < 4.78 is 0. The third-order valence-corrected chi connectivity index (χ3v) is 4.94. The Balaban J connectivity index is 1.46. The molecule has 5 nitrogen and oxygen atoms in total. The van der Waals surface area contributed by atoms with Gasteiger partial charge in [0.2, 0.25) is 5.95 Å². The highest BCUT2D eigenvalue weighted by Gasteiger charge is 2.12. The first-order chi connectivity index (χ1) is 13.2. The Morgan fingerprint density at radius 1 is 0.963 bits per heavy atom. The largest absolute Gasteiger partial charge is 0.372 e. The fourth-order valence-corrected chi connectivity index (χ4v) is 3.48. The van der Waals surface area contributed by atoms with Crippen molar-refractivity contribution in [1.82, 2.24) is 9.97 Å². The van der Waals surface area contributed by atoms with Crippen molar-refractivity contribution in [2.45, 2.75) is 19.8 Å². The monoisotopic (exact) mass is 379 g/mol. The second kappa shape index (κ2) is 7.84. The smallest absolute Gasteiger partial charge is 0.229 e. The highest BCUT2D eigenvalue weighted by Crippen LogP contribution is 2.25. The summed E-state index contributed by atoms with van der Waals surface area (Å²) in [4.78, 5) is 11.3. The van der Waals surface area contributed by atoms with E-state index in [1.807, 2.05) is 31.2 Å². The topological polar surface area (TPSA) is 53.1 Å². The molecule has 6 heteroatoms. The molecule has 1 saturated heterocycles. The van der Waals surface area contributed by atoms with Crippen molar-refractivity contribution in [2.24, 2.45) is 0 Å². The summed E-state index contributed by atoms with van der Waals surface area (Å²) in [6.07, 6.45) is 4.30. The summed E-state index contributed by atoms with van der Waals surface area (Å²) in [5, 5.41) is 7.30. The van der Waals surface area contributed by atoms with E-state index in [-0.39, 0.29) is 0 Å². The number of rotatable bonds is 5. The summed E-state index contributed by atoms with van der Waals surface area (Å²) in [6, 6.07) is 16.0. The standard InChI is InChI=1S/C21H22ClN5/c1-15-14-16(22)4-9-19(15)25-21-23-11-10-20(26-21)24-17-5-7-18(8-6-17)27-12-2-3-13-27/h4-11,14H,2-3,12-13H2,1H3,(H2,23,24,25,26). The minimum Gasteiger partial charge on any atom is -0.372 e. The summed E-state index contributed by atoms with van der Waals surface area (Å²) in [5.74, 6) is 1.28. The minimum absolute atomic E-state index is 0.541. The third-order valence-electron chi connectivity index (χ3n) is 4.70. The Hall–Kier alpha value is -2.79. The lowest BCUT2D eigenvalue weighted by Gasteiger charge is -2.18. The molecule has 0 atom stereocenters. The molecule has 3 aromatic rings. The van der Waals surface area contributed by atoms with E-state index in [1.165, 1.54) is 18.5 Å². The SMILES string of the molecule is Cc1cc(Cl)ccc1Nc1nccc(Nc2ccc(N3CCCC3)cc2)n1. The maximum atomic E-state index is 6.02. The molecule has 2 aromatic carbocycles. The summed E-state index contributed by atoms with van der Waals surface area (Å²) in [5.41, 5.74) is 4.26. The van der Waals surface area contributed by atoms with Gasteiger partial charge in [0, 0.05) is 41.4 Å². The van der Waals surface area contributed by atoms with Gasteiger partial charge >= 0.3 is 0 Å². The van der Waals surface area contributed by atoms with E-state index in [4.69, 9.17) is 11.6 Å². The Labute approximate surface area is 164 Å². The second-order valence-electron chi connectivity index (χ2n) is 6.72. The number of halogens is 1. The molecule has 0 aliphatic carbocycles. The van der Waals surface area contributed by atoms with Crippen molar-refractivity contribution in [2.75, 3.05) is 28.6 Å². The van der Waals surface area contributed by atoms with E-state index in [0.29, 0.717) is 11.0 Å². The van der Waals surface area contributed by atoms with Gasteiger partial charge in [0.25, 0.3) is 0 Å². The van der Waals surface area contributed by atoms with Crippen molar-refractivity contribution in [3.05, 3.63) is 65.3 Å². The zero-order chi connectivity index (χ0) is 18.6. The number of anilines is 5. The lowest BCUT2D eigenvalue weighted by molar-refractivity contribution is 0.949. The average Bonchev–Trinajstić information content (AvgIpc) is 3.20. The van der Waals surface area contributed by atoms with E-state index in [2.05, 4.69) is 49.8 Å². The van der Waals surface area contributed by atoms with E-state index in [1.54, 1.807) is 6.20 Å². The number of benzene rings is 2. The molecule has 0 spiro atoms. The van der Waals surface area contributed by atoms with Crippen LogP contribution in [0.5, 0.6) is 0 Å². The number of aryl methyl sites for hydroxylation is 1. The van der Waals surface area contributed by atoms with Crippen LogP contribution in [0.2, 0.25) is 5.02 Å². The van der Waals surface area contributed by atoms with Gasteiger partial charge in [0.1, 0.15) is 5.82 Å². The third kappa shape index (κ3) is 4.31. The molecular weight excluding hydrogens is 358 g/mol. The molecule has 2 N–H and O–H groups in total. The van der Waals surface area contributed by atoms with Crippen molar-refractivity contribution < 1.29 is 0 Å². The predicted molar refractivity (Wildman–Crippen MR) is 113 cm³/mol. The van der Waals surface area contributed by atoms with Gasteiger partial charge in [0.15, 0.2) is 0 Å².